The first-order chi connectivity index (χ1) is 7.09. The van der Waals surface area contributed by atoms with Gasteiger partial charge in [-0.1, -0.05) is 0 Å². The molecule has 0 aliphatic carbocycles. The average molecular weight is 226 g/mol. The van der Waals surface area contributed by atoms with Gasteiger partial charge in [-0.15, -0.1) is 11.3 Å². The second kappa shape index (κ2) is 3.73. The molecule has 82 valence electrons. The highest BCUT2D eigenvalue weighted by atomic mass is 32.1. The number of hydrogen-bond donors (Lipinski definition) is 1. The largest absolute Gasteiger partial charge is 0.481 e. The number of rotatable bonds is 2. The Bertz CT molecular complexity index is 389. The summed E-state index contributed by atoms with van der Waals surface area (Å²) in [6, 6.07) is 0. The summed E-state index contributed by atoms with van der Waals surface area (Å²) in [5, 5.41) is 10.9. The lowest BCUT2D eigenvalue weighted by molar-refractivity contribution is -0.136. The van der Waals surface area contributed by atoms with Gasteiger partial charge >= 0.3 is 5.97 Å². The third kappa shape index (κ3) is 1.79. The maximum atomic E-state index is 10.7. The van der Waals surface area contributed by atoms with Crippen LogP contribution in [-0.2, 0) is 11.2 Å². The van der Waals surface area contributed by atoms with E-state index in [0.717, 1.165) is 29.3 Å². The second-order valence-electron chi connectivity index (χ2n) is 3.81. The van der Waals surface area contributed by atoms with Crippen molar-refractivity contribution in [3.8, 4) is 0 Å². The van der Waals surface area contributed by atoms with E-state index in [0.29, 0.717) is 0 Å². The molecule has 0 amide bonds. The van der Waals surface area contributed by atoms with Crippen molar-refractivity contribution in [1.29, 1.82) is 0 Å². The summed E-state index contributed by atoms with van der Waals surface area (Å²) in [7, 11) is 4.06. The van der Waals surface area contributed by atoms with E-state index in [1.165, 1.54) is 11.3 Å². The van der Waals surface area contributed by atoms with Crippen LogP contribution in [0.25, 0.3) is 0 Å². The molecular formula is C10H14N2O2S. The maximum Gasteiger partial charge on any atom is 0.308 e. The summed E-state index contributed by atoms with van der Waals surface area (Å²) >= 11 is 1.54. The second-order valence-corrected chi connectivity index (χ2v) is 4.77. The number of fused-ring (bicyclic) bond motifs is 1. The summed E-state index contributed by atoms with van der Waals surface area (Å²) in [5.41, 5.74) is 2.25. The molecule has 0 radical (unpaired) electrons. The third-order valence-electron chi connectivity index (χ3n) is 2.70. The highest BCUT2D eigenvalue weighted by Crippen LogP contribution is 2.39. The van der Waals surface area contributed by atoms with Gasteiger partial charge in [0.05, 0.1) is 17.8 Å². The summed E-state index contributed by atoms with van der Waals surface area (Å²) in [6.07, 6.45) is 0.123. The molecule has 1 aromatic heterocycles. The molecule has 15 heavy (non-hydrogen) atoms. The quantitative estimate of drug-likeness (QED) is 0.824. The Labute approximate surface area is 92.7 Å². The van der Waals surface area contributed by atoms with Gasteiger partial charge in [0.2, 0.25) is 0 Å². The number of carbonyl (C=O) groups is 1. The minimum absolute atomic E-state index is 0.123. The third-order valence-corrected chi connectivity index (χ3v) is 3.66. The SMILES string of the molecule is CN1CCN(C)c2c1csc2CC(=O)O. The van der Waals surface area contributed by atoms with Crippen molar-refractivity contribution in [2.24, 2.45) is 0 Å². The molecule has 1 aliphatic rings. The van der Waals surface area contributed by atoms with E-state index in [1.807, 2.05) is 19.5 Å². The molecule has 2 heterocycles. The number of carboxylic acids is 1. The molecule has 4 nitrogen and oxygen atoms in total. The zero-order valence-electron chi connectivity index (χ0n) is 8.86. The molecule has 0 fully saturated rings. The highest BCUT2D eigenvalue weighted by molar-refractivity contribution is 7.11. The molecule has 0 aromatic carbocycles. The van der Waals surface area contributed by atoms with Crippen LogP contribution in [-0.4, -0.2) is 38.3 Å². The van der Waals surface area contributed by atoms with Crippen LogP contribution in [0.3, 0.4) is 0 Å². The molecular weight excluding hydrogens is 212 g/mol. The van der Waals surface area contributed by atoms with Crippen LogP contribution in [0.2, 0.25) is 0 Å². The maximum absolute atomic E-state index is 10.7. The van der Waals surface area contributed by atoms with E-state index >= 15 is 0 Å². The summed E-state index contributed by atoms with van der Waals surface area (Å²) < 4.78 is 0. The van der Waals surface area contributed by atoms with Crippen LogP contribution < -0.4 is 9.80 Å². The number of hydrogen-bond acceptors (Lipinski definition) is 4. The van der Waals surface area contributed by atoms with Crippen molar-refractivity contribution in [1.82, 2.24) is 0 Å². The lowest BCUT2D eigenvalue weighted by atomic mass is 10.2. The fourth-order valence-electron chi connectivity index (χ4n) is 1.86. The van der Waals surface area contributed by atoms with E-state index in [1.54, 1.807) is 0 Å². The van der Waals surface area contributed by atoms with Crippen molar-refractivity contribution < 1.29 is 9.90 Å². The van der Waals surface area contributed by atoms with Crippen LogP contribution in [0, 0.1) is 0 Å². The van der Waals surface area contributed by atoms with Crippen molar-refractivity contribution >= 4 is 28.7 Å². The van der Waals surface area contributed by atoms with E-state index < -0.39 is 5.97 Å². The van der Waals surface area contributed by atoms with Crippen LogP contribution >= 0.6 is 11.3 Å². The number of thiophene rings is 1. The molecule has 5 heteroatoms. The Hall–Kier alpha value is -1.23. The highest BCUT2D eigenvalue weighted by Gasteiger charge is 2.23. The van der Waals surface area contributed by atoms with Gasteiger partial charge in [-0.25, -0.2) is 0 Å². The zero-order valence-corrected chi connectivity index (χ0v) is 9.67. The smallest absolute Gasteiger partial charge is 0.308 e. The normalized spacial score (nSPS) is 15.3. The Morgan fingerprint density at radius 2 is 2.13 bits per heavy atom. The number of anilines is 2. The number of carboxylic acid groups (broad SMARTS) is 1. The van der Waals surface area contributed by atoms with E-state index in [-0.39, 0.29) is 6.42 Å². The fraction of sp³-hybridized carbons (Fsp3) is 0.500. The van der Waals surface area contributed by atoms with Crippen LogP contribution in [0.4, 0.5) is 11.4 Å². The molecule has 1 N–H and O–H groups in total. The first-order valence-electron chi connectivity index (χ1n) is 4.84. The minimum atomic E-state index is -0.763. The lowest BCUT2D eigenvalue weighted by Gasteiger charge is -2.33. The van der Waals surface area contributed by atoms with Crippen molar-refractivity contribution in [2.75, 3.05) is 37.0 Å². The summed E-state index contributed by atoms with van der Waals surface area (Å²) in [6.45, 7) is 1.94. The molecule has 0 unspecified atom stereocenters. The first-order valence-corrected chi connectivity index (χ1v) is 5.72. The van der Waals surface area contributed by atoms with Gasteiger partial charge in [0, 0.05) is 37.4 Å². The fourth-order valence-corrected chi connectivity index (χ4v) is 2.98. The Morgan fingerprint density at radius 1 is 1.47 bits per heavy atom. The van der Waals surface area contributed by atoms with E-state index in [2.05, 4.69) is 9.80 Å². The molecule has 0 saturated carbocycles. The predicted octanol–water partition coefficient (Wildman–Crippen LogP) is 1.26. The number of aliphatic carboxylic acids is 1. The van der Waals surface area contributed by atoms with E-state index in [9.17, 15) is 4.79 Å². The average Bonchev–Trinajstić information content (AvgIpc) is 2.56. The van der Waals surface area contributed by atoms with Crippen molar-refractivity contribution in [3.63, 3.8) is 0 Å². The first kappa shape index (κ1) is 10.3. The predicted molar refractivity (Wildman–Crippen MR) is 62.2 cm³/mol. The molecule has 0 spiro atoms. The number of likely N-dealkylation sites (N-methyl/N-ethyl adjacent to an activating group) is 2. The zero-order chi connectivity index (χ0) is 11.0. The molecule has 0 bridgehead atoms. The minimum Gasteiger partial charge on any atom is -0.481 e. The molecule has 0 atom stereocenters. The van der Waals surface area contributed by atoms with Crippen molar-refractivity contribution in [3.05, 3.63) is 10.3 Å². The Morgan fingerprint density at radius 3 is 2.80 bits per heavy atom. The molecule has 0 saturated heterocycles. The lowest BCUT2D eigenvalue weighted by Crippen LogP contribution is -2.36. The molecule has 1 aromatic rings. The van der Waals surface area contributed by atoms with Gasteiger partial charge in [-0.2, -0.15) is 0 Å². The van der Waals surface area contributed by atoms with Gasteiger partial charge in [0.25, 0.3) is 0 Å². The summed E-state index contributed by atoms with van der Waals surface area (Å²) in [4.78, 5) is 16.0. The van der Waals surface area contributed by atoms with Crippen LogP contribution in [0.5, 0.6) is 0 Å². The van der Waals surface area contributed by atoms with Gasteiger partial charge in [0.15, 0.2) is 0 Å². The van der Waals surface area contributed by atoms with Gasteiger partial charge < -0.3 is 14.9 Å². The monoisotopic (exact) mass is 226 g/mol. The van der Waals surface area contributed by atoms with Crippen LogP contribution in [0.1, 0.15) is 4.88 Å². The van der Waals surface area contributed by atoms with Gasteiger partial charge in [0.1, 0.15) is 0 Å². The summed E-state index contributed by atoms with van der Waals surface area (Å²) in [5.74, 6) is -0.763. The van der Waals surface area contributed by atoms with E-state index in [4.69, 9.17) is 5.11 Å². The van der Waals surface area contributed by atoms with Gasteiger partial charge in [-0.05, 0) is 0 Å². The van der Waals surface area contributed by atoms with Crippen LogP contribution in [0.15, 0.2) is 5.38 Å². The standard InChI is InChI=1S/C10H14N2O2S/c1-11-3-4-12(2)10-7(11)6-15-8(10)5-9(13)14/h6H,3-5H2,1-2H3,(H,13,14). The topological polar surface area (TPSA) is 43.8 Å². The number of nitrogens with zero attached hydrogens (tertiary/aromatic N) is 2. The van der Waals surface area contributed by atoms with Crippen molar-refractivity contribution in [2.45, 2.75) is 6.42 Å². The Kier molecular flexibility index (Phi) is 2.56. The Balaban J connectivity index is 2.38. The molecule has 2 rings (SSSR count). The molecule has 1 aliphatic heterocycles. The van der Waals surface area contributed by atoms with Gasteiger partial charge in [-0.3, -0.25) is 4.79 Å².